The van der Waals surface area contributed by atoms with Gasteiger partial charge in [0.05, 0.1) is 32.0 Å². The lowest BCUT2D eigenvalue weighted by molar-refractivity contribution is 0.0306. The predicted molar refractivity (Wildman–Crippen MR) is 103 cm³/mol. The van der Waals surface area contributed by atoms with E-state index in [1.165, 1.54) is 16.8 Å². The molecule has 0 unspecified atom stereocenters. The molecule has 2 aliphatic rings. The van der Waals surface area contributed by atoms with Gasteiger partial charge >= 0.3 is 0 Å². The molecule has 2 heterocycles. The predicted octanol–water partition coefficient (Wildman–Crippen LogP) is 3.00. The largest absolute Gasteiger partial charge is 0.494 e. The zero-order chi connectivity index (χ0) is 18.3. The molecule has 1 fully saturated rings. The van der Waals surface area contributed by atoms with E-state index in [9.17, 15) is 0 Å². The molecule has 0 atom stereocenters. The van der Waals surface area contributed by atoms with Crippen LogP contribution in [0.2, 0.25) is 0 Å². The van der Waals surface area contributed by atoms with Gasteiger partial charge in [-0.3, -0.25) is 4.90 Å². The molecule has 0 aliphatic carbocycles. The number of morpholine rings is 1. The molecule has 5 heteroatoms. The molecule has 1 aromatic carbocycles. The van der Waals surface area contributed by atoms with Crippen molar-refractivity contribution in [2.24, 2.45) is 0 Å². The Morgan fingerprint density at radius 1 is 1.28 bits per heavy atom. The highest BCUT2D eigenvalue weighted by molar-refractivity contribution is 5.80. The number of β-amino-alcohol motifs (C(OH)–C–C–N with tert-alkyl or cyclic N) is 1. The number of anilines is 1. The number of ether oxygens (including phenoxy) is 2. The molecule has 0 spiro atoms. The fourth-order valence-electron chi connectivity index (χ4n) is 3.18. The number of aliphatic hydroxyl groups is 1. The Morgan fingerprint density at radius 2 is 2.00 bits per heavy atom. The monoisotopic (exact) mass is 348 g/mol. The van der Waals surface area contributed by atoms with Crippen molar-refractivity contribution in [3.63, 3.8) is 0 Å². The van der Waals surface area contributed by atoms with Gasteiger partial charge in [0.15, 0.2) is 0 Å². The van der Waals surface area contributed by atoms with Gasteiger partial charge in [-0.05, 0) is 51.5 Å². The second-order valence-electron chi connectivity index (χ2n) is 6.99. The van der Waals surface area contributed by atoms with Crippen LogP contribution in [0.15, 0.2) is 24.3 Å². The van der Waals surface area contributed by atoms with Crippen molar-refractivity contribution in [2.45, 2.75) is 33.2 Å². The summed E-state index contributed by atoms with van der Waals surface area (Å²) in [6.07, 6.45) is 2.26. The van der Waals surface area contributed by atoms with Gasteiger partial charge in [-0.15, -0.1) is 0 Å². The standard InChI is InChI=1S/C14H19NO.C6H13NO2/c1-5-16-11-6-7-13-12(8-11)10(2)9-14(3,4)15-13;8-4-1-7-2-5-9-6-3-7/h6-9,15H,5H2,1-4H3;8H,1-6H2. The van der Waals surface area contributed by atoms with Crippen molar-refractivity contribution >= 4 is 11.3 Å². The van der Waals surface area contributed by atoms with Crippen molar-refractivity contribution in [1.82, 2.24) is 4.90 Å². The number of nitrogens with zero attached hydrogens (tertiary/aromatic N) is 1. The molecule has 140 valence electrons. The van der Waals surface area contributed by atoms with Gasteiger partial charge < -0.3 is 19.9 Å². The minimum Gasteiger partial charge on any atom is -0.494 e. The third-order valence-electron chi connectivity index (χ3n) is 4.28. The topological polar surface area (TPSA) is 54.0 Å². The molecule has 3 rings (SSSR count). The van der Waals surface area contributed by atoms with E-state index in [0.29, 0.717) is 6.61 Å². The van der Waals surface area contributed by atoms with Crippen LogP contribution < -0.4 is 10.1 Å². The number of nitrogens with one attached hydrogen (secondary N) is 1. The Morgan fingerprint density at radius 3 is 2.64 bits per heavy atom. The van der Waals surface area contributed by atoms with Crippen LogP contribution in [-0.2, 0) is 4.74 Å². The van der Waals surface area contributed by atoms with Crippen molar-refractivity contribution < 1.29 is 14.6 Å². The molecule has 2 aliphatic heterocycles. The average molecular weight is 348 g/mol. The van der Waals surface area contributed by atoms with Crippen LogP contribution in [0.3, 0.4) is 0 Å². The summed E-state index contributed by atoms with van der Waals surface area (Å²) in [5, 5.41) is 12.0. The first-order valence-corrected chi connectivity index (χ1v) is 9.11. The third kappa shape index (κ3) is 6.03. The van der Waals surface area contributed by atoms with E-state index >= 15 is 0 Å². The normalized spacial score (nSPS) is 19.0. The third-order valence-corrected chi connectivity index (χ3v) is 4.28. The number of hydrogen-bond donors (Lipinski definition) is 2. The van der Waals surface area contributed by atoms with Gasteiger partial charge in [-0.25, -0.2) is 0 Å². The summed E-state index contributed by atoms with van der Waals surface area (Å²) in [5.74, 6) is 0.940. The van der Waals surface area contributed by atoms with E-state index in [0.717, 1.165) is 38.6 Å². The molecule has 0 saturated carbocycles. The van der Waals surface area contributed by atoms with Crippen LogP contribution in [0.5, 0.6) is 5.75 Å². The minimum atomic E-state index is 0.0320. The molecule has 1 saturated heterocycles. The van der Waals surface area contributed by atoms with E-state index in [4.69, 9.17) is 14.6 Å². The zero-order valence-corrected chi connectivity index (χ0v) is 16.0. The first kappa shape index (κ1) is 19.8. The SMILES string of the molecule is CCOc1ccc2c(c1)C(C)=CC(C)(C)N2.OCCN1CCOCC1. The lowest BCUT2D eigenvalue weighted by Crippen LogP contribution is -2.37. The molecule has 0 radical (unpaired) electrons. The molecule has 25 heavy (non-hydrogen) atoms. The summed E-state index contributed by atoms with van der Waals surface area (Å²) in [5.41, 5.74) is 3.77. The van der Waals surface area contributed by atoms with Gasteiger partial charge in [0.1, 0.15) is 5.75 Å². The molecule has 0 bridgehead atoms. The van der Waals surface area contributed by atoms with E-state index in [-0.39, 0.29) is 12.1 Å². The smallest absolute Gasteiger partial charge is 0.120 e. The summed E-state index contributed by atoms with van der Waals surface area (Å²) in [6.45, 7) is 13.9. The highest BCUT2D eigenvalue weighted by Crippen LogP contribution is 2.35. The van der Waals surface area contributed by atoms with Crippen LogP contribution in [-0.4, -0.2) is 61.6 Å². The Hall–Kier alpha value is -1.56. The van der Waals surface area contributed by atoms with Crippen LogP contribution in [0.4, 0.5) is 5.69 Å². The van der Waals surface area contributed by atoms with Crippen molar-refractivity contribution in [1.29, 1.82) is 0 Å². The number of rotatable bonds is 4. The summed E-state index contributed by atoms with van der Waals surface area (Å²) >= 11 is 0. The minimum absolute atomic E-state index is 0.0320. The van der Waals surface area contributed by atoms with Gasteiger partial charge in [-0.1, -0.05) is 6.08 Å². The van der Waals surface area contributed by atoms with Gasteiger partial charge in [0.25, 0.3) is 0 Å². The van der Waals surface area contributed by atoms with Crippen LogP contribution >= 0.6 is 0 Å². The van der Waals surface area contributed by atoms with E-state index in [1.54, 1.807) is 0 Å². The lowest BCUT2D eigenvalue weighted by Gasteiger charge is -2.31. The maximum Gasteiger partial charge on any atom is 0.120 e. The summed E-state index contributed by atoms with van der Waals surface area (Å²) < 4.78 is 10.6. The summed E-state index contributed by atoms with van der Waals surface area (Å²) in [7, 11) is 0. The molecule has 5 nitrogen and oxygen atoms in total. The zero-order valence-electron chi connectivity index (χ0n) is 16.0. The number of aliphatic hydroxyl groups excluding tert-OH is 1. The van der Waals surface area contributed by atoms with Crippen molar-refractivity contribution in [3.8, 4) is 5.75 Å². The van der Waals surface area contributed by atoms with E-state index in [2.05, 4.69) is 49.2 Å². The Bertz CT molecular complexity index is 576. The number of allylic oxidation sites excluding steroid dienone is 1. The maximum absolute atomic E-state index is 8.54. The molecular weight excluding hydrogens is 316 g/mol. The fourth-order valence-corrected chi connectivity index (χ4v) is 3.18. The van der Waals surface area contributed by atoms with Crippen LogP contribution in [0.25, 0.3) is 5.57 Å². The molecule has 0 aromatic heterocycles. The van der Waals surface area contributed by atoms with Crippen molar-refractivity contribution in [2.75, 3.05) is 51.4 Å². The van der Waals surface area contributed by atoms with Gasteiger partial charge in [0, 0.05) is 30.9 Å². The highest BCUT2D eigenvalue weighted by atomic mass is 16.5. The maximum atomic E-state index is 8.54. The fraction of sp³-hybridized carbons (Fsp3) is 0.600. The van der Waals surface area contributed by atoms with Crippen LogP contribution in [0, 0.1) is 0 Å². The second kappa shape index (κ2) is 9.22. The Labute approximate surface area is 151 Å². The molecular formula is C20H32N2O3. The van der Waals surface area contributed by atoms with E-state index in [1.807, 2.05) is 13.0 Å². The van der Waals surface area contributed by atoms with Gasteiger partial charge in [-0.2, -0.15) is 0 Å². The van der Waals surface area contributed by atoms with Gasteiger partial charge in [0.2, 0.25) is 0 Å². The second-order valence-corrected chi connectivity index (χ2v) is 6.99. The first-order valence-electron chi connectivity index (χ1n) is 9.11. The molecule has 1 aromatic rings. The Kier molecular flexibility index (Phi) is 7.29. The lowest BCUT2D eigenvalue weighted by atomic mass is 9.91. The highest BCUT2D eigenvalue weighted by Gasteiger charge is 2.22. The Balaban J connectivity index is 0.000000212. The summed E-state index contributed by atoms with van der Waals surface area (Å²) in [6, 6.07) is 6.22. The molecule has 2 N–H and O–H groups in total. The number of fused-ring (bicyclic) bond motifs is 1. The van der Waals surface area contributed by atoms with E-state index < -0.39 is 0 Å². The molecule has 0 amide bonds. The first-order chi connectivity index (χ1) is 11.9. The number of hydrogen-bond acceptors (Lipinski definition) is 5. The van der Waals surface area contributed by atoms with Crippen molar-refractivity contribution in [3.05, 3.63) is 29.8 Å². The number of benzene rings is 1. The quantitative estimate of drug-likeness (QED) is 0.876. The average Bonchev–Trinajstić information content (AvgIpc) is 2.57. The van der Waals surface area contributed by atoms with Crippen LogP contribution in [0.1, 0.15) is 33.3 Å². The summed E-state index contributed by atoms with van der Waals surface area (Å²) in [4.78, 5) is 2.20.